The van der Waals surface area contributed by atoms with Gasteiger partial charge in [-0.05, 0) is 52.4 Å². The smallest absolute Gasteiger partial charge is 0.00730 e. The molecule has 1 saturated heterocycles. The predicted molar refractivity (Wildman–Crippen MR) is 71.5 cm³/mol. The molecule has 2 heteroatoms. The van der Waals surface area contributed by atoms with Crippen molar-refractivity contribution in [2.24, 2.45) is 17.6 Å². The molecule has 0 aromatic rings. The lowest BCUT2D eigenvalue weighted by Gasteiger charge is -2.46. The Bertz CT molecular complexity index is 201. The molecular formula is C14H30N2. The normalized spacial score (nSPS) is 34.3. The highest BCUT2D eigenvalue weighted by atomic mass is 15.2. The number of nitrogens with two attached hydrogens (primary N) is 1. The van der Waals surface area contributed by atoms with Gasteiger partial charge in [-0.25, -0.2) is 0 Å². The zero-order chi connectivity index (χ0) is 12.3. The fraction of sp³-hybridized carbons (Fsp3) is 1.00. The van der Waals surface area contributed by atoms with Gasteiger partial charge in [0.2, 0.25) is 0 Å². The Morgan fingerprint density at radius 2 is 1.94 bits per heavy atom. The molecule has 0 bridgehead atoms. The van der Waals surface area contributed by atoms with Gasteiger partial charge in [0.1, 0.15) is 0 Å². The molecule has 1 rings (SSSR count). The van der Waals surface area contributed by atoms with Crippen molar-refractivity contribution in [1.29, 1.82) is 0 Å². The Kier molecular flexibility index (Phi) is 5.26. The summed E-state index contributed by atoms with van der Waals surface area (Å²) >= 11 is 0. The van der Waals surface area contributed by atoms with E-state index in [-0.39, 0.29) is 0 Å². The standard InChI is InChI=1S/C14H30N2/c1-6-7-13-9-16(10(2)3)11(4)8-14(13)12(5)15/h10-14H,6-9,15H2,1-5H3/t11?,12?,13-,14?/m1/s1. The lowest BCUT2D eigenvalue weighted by atomic mass is 9.76. The number of likely N-dealkylation sites (tertiary alicyclic amines) is 1. The van der Waals surface area contributed by atoms with Crippen LogP contribution in [0.2, 0.25) is 0 Å². The van der Waals surface area contributed by atoms with Crippen LogP contribution in [0.4, 0.5) is 0 Å². The van der Waals surface area contributed by atoms with Gasteiger partial charge in [0.25, 0.3) is 0 Å². The monoisotopic (exact) mass is 226 g/mol. The lowest BCUT2D eigenvalue weighted by Crippen LogP contribution is -2.52. The van der Waals surface area contributed by atoms with Crippen molar-refractivity contribution < 1.29 is 0 Å². The highest BCUT2D eigenvalue weighted by molar-refractivity contribution is 4.89. The van der Waals surface area contributed by atoms with E-state index in [1.165, 1.54) is 25.8 Å². The Hall–Kier alpha value is -0.0800. The third kappa shape index (κ3) is 3.21. The average molecular weight is 226 g/mol. The first-order valence-corrected chi connectivity index (χ1v) is 6.98. The summed E-state index contributed by atoms with van der Waals surface area (Å²) in [6.45, 7) is 12.7. The molecule has 0 saturated carbocycles. The number of hydrogen-bond donors (Lipinski definition) is 1. The molecule has 16 heavy (non-hydrogen) atoms. The highest BCUT2D eigenvalue weighted by Crippen LogP contribution is 2.33. The van der Waals surface area contributed by atoms with Crippen LogP contribution in [0, 0.1) is 11.8 Å². The number of piperidine rings is 1. The zero-order valence-electron chi connectivity index (χ0n) is 11.7. The van der Waals surface area contributed by atoms with Crippen LogP contribution < -0.4 is 5.73 Å². The maximum atomic E-state index is 6.15. The minimum atomic E-state index is 0.355. The van der Waals surface area contributed by atoms with Gasteiger partial charge in [-0.15, -0.1) is 0 Å². The number of hydrogen-bond acceptors (Lipinski definition) is 2. The largest absolute Gasteiger partial charge is 0.328 e. The summed E-state index contributed by atoms with van der Waals surface area (Å²) in [5.41, 5.74) is 6.15. The molecule has 2 nitrogen and oxygen atoms in total. The molecule has 96 valence electrons. The first-order valence-electron chi connectivity index (χ1n) is 6.98. The molecule has 0 aromatic carbocycles. The summed E-state index contributed by atoms with van der Waals surface area (Å²) in [5, 5.41) is 0. The molecule has 1 aliphatic heterocycles. The van der Waals surface area contributed by atoms with E-state index in [0.29, 0.717) is 18.1 Å². The Morgan fingerprint density at radius 3 is 2.38 bits per heavy atom. The van der Waals surface area contributed by atoms with Gasteiger partial charge >= 0.3 is 0 Å². The third-order valence-electron chi connectivity index (χ3n) is 4.23. The summed E-state index contributed by atoms with van der Waals surface area (Å²) in [7, 11) is 0. The third-order valence-corrected chi connectivity index (χ3v) is 4.23. The molecular weight excluding hydrogens is 196 g/mol. The second-order valence-corrected chi connectivity index (χ2v) is 5.95. The van der Waals surface area contributed by atoms with Gasteiger partial charge in [0, 0.05) is 24.7 Å². The maximum absolute atomic E-state index is 6.15. The Labute approximate surface area is 102 Å². The summed E-state index contributed by atoms with van der Waals surface area (Å²) in [6, 6.07) is 1.72. The van der Waals surface area contributed by atoms with E-state index in [2.05, 4.69) is 39.5 Å². The highest BCUT2D eigenvalue weighted by Gasteiger charge is 2.35. The molecule has 1 fully saturated rings. The van der Waals surface area contributed by atoms with Crippen LogP contribution in [0.3, 0.4) is 0 Å². The summed E-state index contributed by atoms with van der Waals surface area (Å²) in [6.07, 6.45) is 3.90. The molecule has 0 aromatic heterocycles. The van der Waals surface area contributed by atoms with Crippen LogP contribution in [0.15, 0.2) is 0 Å². The van der Waals surface area contributed by atoms with Gasteiger partial charge in [-0.2, -0.15) is 0 Å². The van der Waals surface area contributed by atoms with E-state index in [1.807, 2.05) is 0 Å². The topological polar surface area (TPSA) is 29.3 Å². The molecule has 1 heterocycles. The van der Waals surface area contributed by atoms with Crippen molar-refractivity contribution in [3.05, 3.63) is 0 Å². The minimum Gasteiger partial charge on any atom is -0.328 e. The second kappa shape index (κ2) is 6.02. The van der Waals surface area contributed by atoms with Crippen LogP contribution in [0.5, 0.6) is 0 Å². The molecule has 1 aliphatic rings. The molecule has 0 amide bonds. The van der Waals surface area contributed by atoms with Crippen molar-refractivity contribution in [1.82, 2.24) is 4.90 Å². The zero-order valence-corrected chi connectivity index (χ0v) is 11.7. The summed E-state index contributed by atoms with van der Waals surface area (Å²) in [5.74, 6) is 1.54. The fourth-order valence-corrected chi connectivity index (χ4v) is 3.35. The van der Waals surface area contributed by atoms with Crippen molar-refractivity contribution in [2.45, 2.75) is 72.0 Å². The molecule has 3 unspecified atom stereocenters. The molecule has 0 aliphatic carbocycles. The quantitative estimate of drug-likeness (QED) is 0.798. The SMILES string of the molecule is CCC[C@@H]1CN(C(C)C)C(C)CC1C(C)N. The molecule has 0 radical (unpaired) electrons. The van der Waals surface area contributed by atoms with Gasteiger partial charge in [0.15, 0.2) is 0 Å². The van der Waals surface area contributed by atoms with Gasteiger partial charge in [-0.1, -0.05) is 13.3 Å². The maximum Gasteiger partial charge on any atom is 0.00730 e. The van der Waals surface area contributed by atoms with Crippen molar-refractivity contribution in [3.63, 3.8) is 0 Å². The summed E-state index contributed by atoms with van der Waals surface area (Å²) < 4.78 is 0. The first kappa shape index (κ1) is 14.0. The second-order valence-electron chi connectivity index (χ2n) is 5.95. The van der Waals surface area contributed by atoms with Crippen LogP contribution >= 0.6 is 0 Å². The van der Waals surface area contributed by atoms with Gasteiger partial charge in [-0.3, -0.25) is 4.90 Å². The van der Waals surface area contributed by atoms with Crippen molar-refractivity contribution >= 4 is 0 Å². The van der Waals surface area contributed by atoms with E-state index >= 15 is 0 Å². The van der Waals surface area contributed by atoms with E-state index < -0.39 is 0 Å². The van der Waals surface area contributed by atoms with Gasteiger partial charge in [0.05, 0.1) is 0 Å². The Balaban J connectivity index is 2.69. The van der Waals surface area contributed by atoms with E-state index in [1.54, 1.807) is 0 Å². The minimum absolute atomic E-state index is 0.355. The summed E-state index contributed by atoms with van der Waals surface area (Å²) in [4.78, 5) is 2.65. The Morgan fingerprint density at radius 1 is 1.31 bits per heavy atom. The van der Waals surface area contributed by atoms with Crippen molar-refractivity contribution in [3.8, 4) is 0 Å². The molecule has 4 atom stereocenters. The number of nitrogens with zero attached hydrogens (tertiary/aromatic N) is 1. The molecule has 2 N–H and O–H groups in total. The van der Waals surface area contributed by atoms with Gasteiger partial charge < -0.3 is 5.73 Å². The number of rotatable bonds is 4. The van der Waals surface area contributed by atoms with E-state index in [4.69, 9.17) is 5.73 Å². The van der Waals surface area contributed by atoms with Crippen molar-refractivity contribution in [2.75, 3.05) is 6.54 Å². The first-order chi connectivity index (χ1) is 7.47. The van der Waals surface area contributed by atoms with E-state index in [0.717, 1.165) is 11.8 Å². The fourth-order valence-electron chi connectivity index (χ4n) is 3.35. The van der Waals surface area contributed by atoms with E-state index in [9.17, 15) is 0 Å². The van der Waals surface area contributed by atoms with Crippen LogP contribution in [-0.2, 0) is 0 Å². The lowest BCUT2D eigenvalue weighted by molar-refractivity contribution is 0.0344. The van der Waals surface area contributed by atoms with Crippen LogP contribution in [-0.4, -0.2) is 29.6 Å². The predicted octanol–water partition coefficient (Wildman–Crippen LogP) is 2.87. The van der Waals surface area contributed by atoms with Crippen LogP contribution in [0.25, 0.3) is 0 Å². The van der Waals surface area contributed by atoms with Crippen LogP contribution in [0.1, 0.15) is 53.9 Å². The average Bonchev–Trinajstić information content (AvgIpc) is 2.19. The molecule has 0 spiro atoms.